The predicted molar refractivity (Wildman–Crippen MR) is 84.8 cm³/mol. The Morgan fingerprint density at radius 3 is 2.81 bits per heavy atom. The Kier molecular flexibility index (Phi) is 4.79. The Bertz CT molecular complexity index is 535. The minimum absolute atomic E-state index is 0. The Labute approximate surface area is 131 Å². The fourth-order valence-electron chi connectivity index (χ4n) is 3.62. The van der Waals surface area contributed by atoms with E-state index in [-0.39, 0.29) is 30.1 Å². The summed E-state index contributed by atoms with van der Waals surface area (Å²) in [6, 6.07) is 5.52. The van der Waals surface area contributed by atoms with Gasteiger partial charge in [0, 0.05) is 19.1 Å². The highest BCUT2D eigenvalue weighted by molar-refractivity contribution is 5.97. The standard InChI is InChI=1S/C16H22N2O2.ClH/c1-2-10-3-6-15(19)12(7-10)16(20)18-8-11-4-5-14(17)13(11)9-18;/h3,6-7,11,13-14,19H,2,4-5,8-9,17H2,1H3;1H. The molecular weight excluding hydrogens is 288 g/mol. The van der Waals surface area contributed by atoms with Crippen molar-refractivity contribution in [3.05, 3.63) is 29.3 Å². The summed E-state index contributed by atoms with van der Waals surface area (Å²) in [6.45, 7) is 3.56. The second-order valence-electron chi connectivity index (χ2n) is 6.08. The number of phenolic OH excluding ortho intramolecular Hbond substituents is 1. The summed E-state index contributed by atoms with van der Waals surface area (Å²) in [6.07, 6.45) is 3.06. The van der Waals surface area contributed by atoms with E-state index in [2.05, 4.69) is 0 Å². The smallest absolute Gasteiger partial charge is 0.257 e. The van der Waals surface area contributed by atoms with Gasteiger partial charge in [-0.1, -0.05) is 13.0 Å². The van der Waals surface area contributed by atoms with E-state index in [4.69, 9.17) is 5.73 Å². The van der Waals surface area contributed by atoms with E-state index in [1.54, 1.807) is 6.07 Å². The van der Waals surface area contributed by atoms with Gasteiger partial charge in [-0.25, -0.2) is 0 Å². The predicted octanol–water partition coefficient (Wildman–Crippen LogP) is 2.19. The number of aryl methyl sites for hydroxylation is 1. The summed E-state index contributed by atoms with van der Waals surface area (Å²) in [5.41, 5.74) is 7.61. The van der Waals surface area contributed by atoms with Gasteiger partial charge in [-0.2, -0.15) is 0 Å². The second kappa shape index (κ2) is 6.24. The molecule has 0 radical (unpaired) electrons. The SMILES string of the molecule is CCc1ccc(O)c(C(=O)N2CC3CCC(N)C3C2)c1.Cl. The maximum absolute atomic E-state index is 12.6. The number of phenols is 1. The van der Waals surface area contributed by atoms with Crippen LogP contribution >= 0.6 is 12.4 Å². The molecule has 2 fully saturated rings. The van der Waals surface area contributed by atoms with E-state index in [0.717, 1.165) is 37.9 Å². The van der Waals surface area contributed by atoms with E-state index in [9.17, 15) is 9.90 Å². The number of fused-ring (bicyclic) bond motifs is 1. The number of hydrogen-bond donors (Lipinski definition) is 2. The molecule has 1 heterocycles. The van der Waals surface area contributed by atoms with E-state index in [1.807, 2.05) is 24.0 Å². The lowest BCUT2D eigenvalue weighted by molar-refractivity contribution is 0.0776. The molecule has 116 valence electrons. The number of amides is 1. The molecule has 1 aliphatic carbocycles. The number of carbonyl (C=O) groups excluding carboxylic acids is 1. The highest BCUT2D eigenvalue weighted by Gasteiger charge is 2.42. The van der Waals surface area contributed by atoms with Crippen LogP contribution in [0.4, 0.5) is 0 Å². The number of halogens is 1. The first kappa shape index (κ1) is 16.1. The minimum Gasteiger partial charge on any atom is -0.507 e. The van der Waals surface area contributed by atoms with Crippen molar-refractivity contribution in [2.24, 2.45) is 17.6 Å². The number of nitrogens with two attached hydrogens (primary N) is 1. The summed E-state index contributed by atoms with van der Waals surface area (Å²) in [5.74, 6) is 1.01. The number of aromatic hydroxyl groups is 1. The fourth-order valence-corrected chi connectivity index (χ4v) is 3.62. The largest absolute Gasteiger partial charge is 0.507 e. The monoisotopic (exact) mass is 310 g/mol. The molecule has 1 saturated heterocycles. The maximum Gasteiger partial charge on any atom is 0.257 e. The lowest BCUT2D eigenvalue weighted by Crippen LogP contribution is -2.33. The van der Waals surface area contributed by atoms with Crippen LogP contribution in [0.25, 0.3) is 0 Å². The Morgan fingerprint density at radius 2 is 2.14 bits per heavy atom. The number of benzene rings is 1. The van der Waals surface area contributed by atoms with Crippen molar-refractivity contribution >= 4 is 18.3 Å². The van der Waals surface area contributed by atoms with Crippen molar-refractivity contribution in [3.8, 4) is 5.75 Å². The van der Waals surface area contributed by atoms with Gasteiger partial charge in [0.25, 0.3) is 5.91 Å². The number of carbonyl (C=O) groups is 1. The van der Waals surface area contributed by atoms with Crippen molar-refractivity contribution in [3.63, 3.8) is 0 Å². The molecule has 3 atom stereocenters. The van der Waals surface area contributed by atoms with Crippen molar-refractivity contribution in [1.29, 1.82) is 0 Å². The van der Waals surface area contributed by atoms with Crippen LogP contribution in [0.3, 0.4) is 0 Å². The average molecular weight is 311 g/mol. The van der Waals surface area contributed by atoms with Gasteiger partial charge in [0.2, 0.25) is 0 Å². The molecule has 3 unspecified atom stereocenters. The third kappa shape index (κ3) is 2.87. The van der Waals surface area contributed by atoms with Gasteiger partial charge in [0.1, 0.15) is 5.75 Å². The molecule has 3 rings (SSSR count). The third-order valence-corrected chi connectivity index (χ3v) is 4.90. The molecule has 0 bridgehead atoms. The summed E-state index contributed by atoms with van der Waals surface area (Å²) < 4.78 is 0. The maximum atomic E-state index is 12.6. The molecule has 1 aliphatic heterocycles. The molecule has 1 aromatic carbocycles. The first-order valence-corrected chi connectivity index (χ1v) is 7.47. The zero-order valence-corrected chi connectivity index (χ0v) is 13.1. The van der Waals surface area contributed by atoms with Crippen molar-refractivity contribution in [2.45, 2.75) is 32.2 Å². The zero-order valence-electron chi connectivity index (χ0n) is 12.3. The quantitative estimate of drug-likeness (QED) is 0.880. The second-order valence-corrected chi connectivity index (χ2v) is 6.08. The minimum atomic E-state index is -0.0561. The van der Waals surface area contributed by atoms with Crippen LogP contribution in [-0.2, 0) is 6.42 Å². The van der Waals surface area contributed by atoms with E-state index in [0.29, 0.717) is 17.4 Å². The van der Waals surface area contributed by atoms with Crippen LogP contribution in [0.1, 0.15) is 35.7 Å². The Hall–Kier alpha value is -1.26. The van der Waals surface area contributed by atoms with Gasteiger partial charge < -0.3 is 15.7 Å². The van der Waals surface area contributed by atoms with Crippen LogP contribution in [0.5, 0.6) is 5.75 Å². The van der Waals surface area contributed by atoms with Crippen molar-refractivity contribution in [2.75, 3.05) is 13.1 Å². The van der Waals surface area contributed by atoms with Gasteiger partial charge in [-0.05, 0) is 48.8 Å². The van der Waals surface area contributed by atoms with Crippen LogP contribution in [0, 0.1) is 11.8 Å². The van der Waals surface area contributed by atoms with Gasteiger partial charge in [0.15, 0.2) is 0 Å². The van der Waals surface area contributed by atoms with Crippen LogP contribution in [0.2, 0.25) is 0 Å². The topological polar surface area (TPSA) is 66.6 Å². The number of hydrogen-bond acceptors (Lipinski definition) is 3. The average Bonchev–Trinajstić information content (AvgIpc) is 3.01. The van der Waals surface area contributed by atoms with Crippen LogP contribution in [0.15, 0.2) is 18.2 Å². The molecular formula is C16H23ClN2O2. The molecule has 1 amide bonds. The molecule has 21 heavy (non-hydrogen) atoms. The molecule has 4 nitrogen and oxygen atoms in total. The first-order valence-electron chi connectivity index (χ1n) is 7.47. The fraction of sp³-hybridized carbons (Fsp3) is 0.562. The molecule has 0 aromatic heterocycles. The molecule has 0 spiro atoms. The first-order chi connectivity index (χ1) is 9.60. The number of rotatable bonds is 2. The Morgan fingerprint density at radius 1 is 1.38 bits per heavy atom. The summed E-state index contributed by atoms with van der Waals surface area (Å²) in [7, 11) is 0. The molecule has 5 heteroatoms. The van der Waals surface area contributed by atoms with Crippen LogP contribution in [-0.4, -0.2) is 35.0 Å². The summed E-state index contributed by atoms with van der Waals surface area (Å²) in [4.78, 5) is 14.5. The number of nitrogens with zero attached hydrogens (tertiary/aromatic N) is 1. The molecule has 1 aromatic rings. The van der Waals surface area contributed by atoms with Gasteiger partial charge in [-0.15, -0.1) is 12.4 Å². The van der Waals surface area contributed by atoms with E-state index in [1.165, 1.54) is 0 Å². The van der Waals surface area contributed by atoms with Gasteiger partial charge in [0.05, 0.1) is 5.56 Å². The third-order valence-electron chi connectivity index (χ3n) is 4.90. The van der Waals surface area contributed by atoms with E-state index < -0.39 is 0 Å². The summed E-state index contributed by atoms with van der Waals surface area (Å²) in [5, 5.41) is 9.94. The highest BCUT2D eigenvalue weighted by atomic mass is 35.5. The Balaban J connectivity index is 0.00000161. The normalized spacial score (nSPS) is 27.3. The number of likely N-dealkylation sites (tertiary alicyclic amines) is 1. The molecule has 3 N–H and O–H groups in total. The van der Waals surface area contributed by atoms with Gasteiger partial charge in [-0.3, -0.25) is 4.79 Å². The molecule has 2 aliphatic rings. The van der Waals surface area contributed by atoms with Crippen LogP contribution < -0.4 is 5.73 Å². The summed E-state index contributed by atoms with van der Waals surface area (Å²) >= 11 is 0. The zero-order chi connectivity index (χ0) is 14.3. The van der Waals surface area contributed by atoms with Gasteiger partial charge >= 0.3 is 0 Å². The highest BCUT2D eigenvalue weighted by Crippen LogP contribution is 2.38. The van der Waals surface area contributed by atoms with Crippen molar-refractivity contribution < 1.29 is 9.90 Å². The van der Waals surface area contributed by atoms with Crippen molar-refractivity contribution in [1.82, 2.24) is 4.90 Å². The lowest BCUT2D eigenvalue weighted by atomic mass is 9.98. The van der Waals surface area contributed by atoms with E-state index >= 15 is 0 Å². The lowest BCUT2D eigenvalue weighted by Gasteiger charge is -2.19. The molecule has 1 saturated carbocycles.